The van der Waals surface area contributed by atoms with Gasteiger partial charge in [-0.15, -0.1) is 0 Å². The Bertz CT molecular complexity index is 553. The monoisotopic (exact) mass is 325 g/mol. The van der Waals surface area contributed by atoms with Gasteiger partial charge < -0.3 is 19.2 Å². The van der Waals surface area contributed by atoms with Crippen LogP contribution < -0.4 is 14.8 Å². The number of anilines is 1. The highest BCUT2D eigenvalue weighted by molar-refractivity contribution is 9.10. The number of furan rings is 1. The Kier molecular flexibility index (Phi) is 4.37. The summed E-state index contributed by atoms with van der Waals surface area (Å²) in [4.78, 5) is 0. The molecule has 0 saturated carbocycles. The van der Waals surface area contributed by atoms with Gasteiger partial charge in [-0.25, -0.2) is 0 Å². The lowest BCUT2D eigenvalue weighted by atomic mass is 10.2. The van der Waals surface area contributed by atoms with E-state index in [-0.39, 0.29) is 6.04 Å². The second kappa shape index (κ2) is 6.02. The molecule has 1 atom stereocenters. The van der Waals surface area contributed by atoms with E-state index in [1.807, 2.05) is 37.3 Å². The van der Waals surface area contributed by atoms with Gasteiger partial charge in [-0.3, -0.25) is 0 Å². The van der Waals surface area contributed by atoms with Gasteiger partial charge in [0.15, 0.2) is 4.67 Å². The maximum Gasteiger partial charge on any atom is 0.169 e. The lowest BCUT2D eigenvalue weighted by Crippen LogP contribution is -2.06. The lowest BCUT2D eigenvalue weighted by molar-refractivity contribution is 0.395. The fourth-order valence-corrected chi connectivity index (χ4v) is 2.10. The minimum atomic E-state index is 0.0357. The van der Waals surface area contributed by atoms with Gasteiger partial charge in [0.2, 0.25) is 0 Å². The summed E-state index contributed by atoms with van der Waals surface area (Å²) in [7, 11) is 3.26. The van der Waals surface area contributed by atoms with Crippen LogP contribution in [0.2, 0.25) is 0 Å². The summed E-state index contributed by atoms with van der Waals surface area (Å²) < 4.78 is 16.8. The zero-order chi connectivity index (χ0) is 13.8. The summed E-state index contributed by atoms with van der Waals surface area (Å²) in [6.45, 7) is 2.02. The molecule has 2 aromatic rings. The van der Waals surface area contributed by atoms with Gasteiger partial charge >= 0.3 is 0 Å². The van der Waals surface area contributed by atoms with Crippen molar-refractivity contribution in [2.75, 3.05) is 19.5 Å². The van der Waals surface area contributed by atoms with E-state index >= 15 is 0 Å². The molecule has 0 radical (unpaired) electrons. The van der Waals surface area contributed by atoms with Crippen LogP contribution in [0.5, 0.6) is 11.5 Å². The third-order valence-electron chi connectivity index (χ3n) is 2.80. The predicted octanol–water partition coefficient (Wildman–Crippen LogP) is 4.23. The zero-order valence-electron chi connectivity index (χ0n) is 11.1. The molecule has 0 amide bonds. The number of ether oxygens (including phenoxy) is 2. The summed E-state index contributed by atoms with van der Waals surface area (Å²) in [5.41, 5.74) is 0.892. The van der Waals surface area contributed by atoms with Crippen LogP contribution in [0.15, 0.2) is 39.4 Å². The molecular weight excluding hydrogens is 310 g/mol. The van der Waals surface area contributed by atoms with Crippen molar-refractivity contribution in [2.24, 2.45) is 0 Å². The molecule has 19 heavy (non-hydrogen) atoms. The smallest absolute Gasteiger partial charge is 0.169 e. The van der Waals surface area contributed by atoms with Gasteiger partial charge in [0.05, 0.1) is 25.9 Å². The van der Waals surface area contributed by atoms with E-state index in [1.54, 1.807) is 14.2 Å². The third kappa shape index (κ3) is 3.23. The molecule has 0 saturated heterocycles. The Balaban J connectivity index is 2.18. The average Bonchev–Trinajstić information content (AvgIpc) is 2.86. The second-order valence-electron chi connectivity index (χ2n) is 4.07. The van der Waals surface area contributed by atoms with Gasteiger partial charge in [-0.2, -0.15) is 0 Å². The Labute approximate surface area is 120 Å². The van der Waals surface area contributed by atoms with E-state index in [0.717, 1.165) is 27.6 Å². The third-order valence-corrected chi connectivity index (χ3v) is 3.23. The van der Waals surface area contributed by atoms with Crippen LogP contribution in [-0.4, -0.2) is 14.2 Å². The zero-order valence-corrected chi connectivity index (χ0v) is 12.7. The van der Waals surface area contributed by atoms with Crippen LogP contribution in [0, 0.1) is 0 Å². The van der Waals surface area contributed by atoms with Gasteiger partial charge in [0.1, 0.15) is 17.3 Å². The molecule has 0 aliphatic heterocycles. The first-order valence-corrected chi connectivity index (χ1v) is 6.67. The molecule has 1 aromatic carbocycles. The molecule has 1 unspecified atom stereocenters. The molecule has 1 N–H and O–H groups in total. The number of halogens is 1. The number of hydrogen-bond acceptors (Lipinski definition) is 4. The highest BCUT2D eigenvalue weighted by Crippen LogP contribution is 2.32. The van der Waals surface area contributed by atoms with Crippen LogP contribution in [0.3, 0.4) is 0 Å². The van der Waals surface area contributed by atoms with Gasteiger partial charge in [-0.1, -0.05) is 0 Å². The molecule has 5 heteroatoms. The Morgan fingerprint density at radius 3 is 2.53 bits per heavy atom. The number of rotatable bonds is 5. The minimum absolute atomic E-state index is 0.0357. The minimum Gasteiger partial charge on any atom is -0.497 e. The first-order valence-electron chi connectivity index (χ1n) is 5.88. The summed E-state index contributed by atoms with van der Waals surface area (Å²) in [5, 5.41) is 3.35. The maximum atomic E-state index is 5.52. The summed E-state index contributed by atoms with van der Waals surface area (Å²) in [6, 6.07) is 9.49. The molecule has 0 aliphatic carbocycles. The van der Waals surface area contributed by atoms with Crippen LogP contribution in [0.4, 0.5) is 5.69 Å². The van der Waals surface area contributed by atoms with Crippen LogP contribution in [0.25, 0.3) is 0 Å². The highest BCUT2D eigenvalue weighted by atomic mass is 79.9. The highest BCUT2D eigenvalue weighted by Gasteiger charge is 2.12. The molecule has 102 valence electrons. The summed E-state index contributed by atoms with van der Waals surface area (Å²) in [5.74, 6) is 2.34. The van der Waals surface area contributed by atoms with Crippen molar-refractivity contribution in [3.63, 3.8) is 0 Å². The Morgan fingerprint density at radius 2 is 1.95 bits per heavy atom. The molecule has 0 aliphatic rings. The van der Waals surface area contributed by atoms with E-state index in [9.17, 15) is 0 Å². The standard InChI is InChI=1S/C14H16BrNO3/c1-9(12-6-7-14(15)19-12)16-11-5-4-10(17-2)8-13(11)18-3/h4-9,16H,1-3H3. The number of hydrogen-bond donors (Lipinski definition) is 1. The normalized spacial score (nSPS) is 12.0. The molecule has 1 aromatic heterocycles. The lowest BCUT2D eigenvalue weighted by Gasteiger charge is -2.16. The van der Waals surface area contributed by atoms with Crippen molar-refractivity contribution in [1.82, 2.24) is 0 Å². The fourth-order valence-electron chi connectivity index (χ4n) is 1.78. The Morgan fingerprint density at radius 1 is 1.16 bits per heavy atom. The first-order chi connectivity index (χ1) is 9.13. The molecule has 4 nitrogen and oxygen atoms in total. The number of nitrogens with one attached hydrogen (secondary N) is 1. The summed E-state index contributed by atoms with van der Waals surface area (Å²) in [6.07, 6.45) is 0. The molecule has 0 bridgehead atoms. The molecule has 1 heterocycles. The van der Waals surface area contributed by atoms with Crippen molar-refractivity contribution < 1.29 is 13.9 Å². The molecule has 0 spiro atoms. The topological polar surface area (TPSA) is 43.6 Å². The largest absolute Gasteiger partial charge is 0.497 e. The van der Waals surface area contributed by atoms with Gasteiger partial charge in [0.25, 0.3) is 0 Å². The van der Waals surface area contributed by atoms with E-state index < -0.39 is 0 Å². The van der Waals surface area contributed by atoms with Gasteiger partial charge in [-0.05, 0) is 47.1 Å². The second-order valence-corrected chi connectivity index (χ2v) is 4.86. The maximum absolute atomic E-state index is 5.52. The predicted molar refractivity (Wildman–Crippen MR) is 78.0 cm³/mol. The van der Waals surface area contributed by atoms with Crippen molar-refractivity contribution in [1.29, 1.82) is 0 Å². The summed E-state index contributed by atoms with van der Waals surface area (Å²) >= 11 is 3.30. The number of methoxy groups -OCH3 is 2. The van der Waals surface area contributed by atoms with E-state index in [0.29, 0.717) is 0 Å². The molecule has 0 fully saturated rings. The van der Waals surface area contributed by atoms with E-state index in [4.69, 9.17) is 13.9 Å². The molecular formula is C14H16BrNO3. The van der Waals surface area contributed by atoms with E-state index in [2.05, 4.69) is 21.2 Å². The van der Waals surface area contributed by atoms with Crippen molar-refractivity contribution in [2.45, 2.75) is 13.0 Å². The van der Waals surface area contributed by atoms with Crippen LogP contribution in [-0.2, 0) is 0 Å². The van der Waals surface area contributed by atoms with Crippen LogP contribution >= 0.6 is 15.9 Å². The molecule has 2 rings (SSSR count). The quantitative estimate of drug-likeness (QED) is 0.893. The Hall–Kier alpha value is -1.62. The van der Waals surface area contributed by atoms with Crippen molar-refractivity contribution in [3.05, 3.63) is 40.8 Å². The first kappa shape index (κ1) is 13.8. The van der Waals surface area contributed by atoms with Crippen molar-refractivity contribution >= 4 is 21.6 Å². The van der Waals surface area contributed by atoms with Crippen LogP contribution in [0.1, 0.15) is 18.7 Å². The SMILES string of the molecule is COc1ccc(NC(C)c2ccc(Br)o2)c(OC)c1. The number of benzene rings is 1. The average molecular weight is 326 g/mol. The van der Waals surface area contributed by atoms with Gasteiger partial charge in [0, 0.05) is 6.07 Å². The fraction of sp³-hybridized carbons (Fsp3) is 0.286. The van der Waals surface area contributed by atoms with E-state index in [1.165, 1.54) is 0 Å². The van der Waals surface area contributed by atoms with Crippen molar-refractivity contribution in [3.8, 4) is 11.5 Å².